The highest BCUT2D eigenvalue weighted by Crippen LogP contribution is 2.38. The van der Waals surface area contributed by atoms with E-state index in [4.69, 9.17) is 0 Å². The summed E-state index contributed by atoms with van der Waals surface area (Å²) in [6, 6.07) is 0. The maximum atomic E-state index is 11.1. The lowest BCUT2D eigenvalue weighted by molar-refractivity contribution is -0.123. The first-order chi connectivity index (χ1) is 5.36. The van der Waals surface area contributed by atoms with Crippen molar-refractivity contribution in [1.29, 1.82) is 0 Å². The van der Waals surface area contributed by atoms with Crippen LogP contribution < -0.4 is 0 Å². The molecule has 0 radical (unpaired) electrons. The summed E-state index contributed by atoms with van der Waals surface area (Å²) in [5, 5.41) is 0. The first kappa shape index (κ1) is 7.33. The summed E-state index contributed by atoms with van der Waals surface area (Å²) in [5.41, 5.74) is 0. The largest absolute Gasteiger partial charge is 0.300 e. The Kier molecular flexibility index (Phi) is 1.97. The van der Waals surface area contributed by atoms with Gasteiger partial charge in [-0.25, -0.2) is 0 Å². The molecule has 0 aromatic carbocycles. The highest BCUT2D eigenvalue weighted by molar-refractivity contribution is 5.79. The van der Waals surface area contributed by atoms with Crippen molar-refractivity contribution in [1.82, 2.24) is 0 Å². The normalized spacial score (nSPS) is 38.4. The molecule has 0 bridgehead atoms. The van der Waals surface area contributed by atoms with Crippen molar-refractivity contribution in [2.24, 2.45) is 11.8 Å². The Labute approximate surface area is 68.2 Å². The summed E-state index contributed by atoms with van der Waals surface area (Å²) in [4.78, 5) is 11.1. The van der Waals surface area contributed by atoms with E-state index < -0.39 is 0 Å². The second-order valence-electron chi connectivity index (χ2n) is 4.09. The average Bonchev–Trinajstić information content (AvgIpc) is 2.04. The maximum Gasteiger partial charge on any atom is 0.133 e. The van der Waals surface area contributed by atoms with E-state index in [0.29, 0.717) is 5.78 Å². The molecule has 0 aliphatic heterocycles. The number of ketones is 1. The number of carbonyl (C=O) groups excluding carboxylic acids is 1. The topological polar surface area (TPSA) is 17.1 Å². The van der Waals surface area contributed by atoms with E-state index in [2.05, 4.69) is 0 Å². The summed E-state index contributed by atoms with van der Waals surface area (Å²) in [6.45, 7) is 0. The van der Waals surface area contributed by atoms with Gasteiger partial charge < -0.3 is 0 Å². The molecule has 1 heteroatoms. The van der Waals surface area contributed by atoms with Crippen LogP contribution in [0, 0.1) is 11.8 Å². The van der Waals surface area contributed by atoms with Crippen LogP contribution in [0.1, 0.15) is 44.9 Å². The summed E-state index contributed by atoms with van der Waals surface area (Å²) >= 11 is 0. The third-order valence-corrected chi connectivity index (χ3v) is 3.35. The van der Waals surface area contributed by atoms with Gasteiger partial charge in [0.2, 0.25) is 0 Å². The molecule has 1 nitrogen and oxygen atoms in total. The highest BCUT2D eigenvalue weighted by Gasteiger charge is 2.30. The quantitative estimate of drug-likeness (QED) is 0.521. The van der Waals surface area contributed by atoms with Crippen LogP contribution in [0.25, 0.3) is 0 Å². The molecule has 62 valence electrons. The molecule has 0 heterocycles. The first-order valence-corrected chi connectivity index (χ1v) is 4.88. The molecule has 0 amide bonds. The van der Waals surface area contributed by atoms with Gasteiger partial charge in [0.1, 0.15) is 5.78 Å². The smallest absolute Gasteiger partial charge is 0.133 e. The van der Waals surface area contributed by atoms with Crippen LogP contribution >= 0.6 is 0 Å². The fraction of sp³-hybridized carbons (Fsp3) is 0.900. The second-order valence-corrected chi connectivity index (χ2v) is 4.09. The molecule has 0 aromatic heterocycles. The lowest BCUT2D eigenvalue weighted by Gasteiger charge is -2.34. The summed E-state index contributed by atoms with van der Waals surface area (Å²) < 4.78 is 0. The molecule has 0 aromatic rings. The molecule has 11 heavy (non-hydrogen) atoms. The van der Waals surface area contributed by atoms with Gasteiger partial charge in [0.05, 0.1) is 0 Å². The monoisotopic (exact) mass is 152 g/mol. The van der Waals surface area contributed by atoms with E-state index in [1.165, 1.54) is 32.1 Å². The standard InChI is InChI=1S/C10H16O/c11-10-6-5-8-3-1-2-4-9(8)7-10/h8-9H,1-7H2/t8?,9-/m0/s1. The van der Waals surface area contributed by atoms with Gasteiger partial charge in [0, 0.05) is 12.8 Å². The molecule has 2 saturated carbocycles. The van der Waals surface area contributed by atoms with Crippen LogP contribution in [0.4, 0.5) is 0 Å². The Hall–Kier alpha value is -0.330. The van der Waals surface area contributed by atoms with Gasteiger partial charge in [-0.15, -0.1) is 0 Å². The van der Waals surface area contributed by atoms with E-state index in [1.807, 2.05) is 0 Å². The predicted molar refractivity (Wildman–Crippen MR) is 44.3 cm³/mol. The lowest BCUT2D eigenvalue weighted by Crippen LogP contribution is -2.27. The molecule has 0 saturated heterocycles. The molecule has 0 N–H and O–H groups in total. The third kappa shape index (κ3) is 1.47. The van der Waals surface area contributed by atoms with Gasteiger partial charge in [-0.1, -0.05) is 19.3 Å². The van der Waals surface area contributed by atoms with Gasteiger partial charge >= 0.3 is 0 Å². The van der Waals surface area contributed by atoms with Gasteiger partial charge in [0.25, 0.3) is 0 Å². The molecular formula is C10H16O. The predicted octanol–water partition coefficient (Wildman–Crippen LogP) is 2.55. The van der Waals surface area contributed by atoms with Crippen molar-refractivity contribution in [3.8, 4) is 0 Å². The highest BCUT2D eigenvalue weighted by atomic mass is 16.1. The van der Waals surface area contributed by atoms with Crippen molar-refractivity contribution in [3.05, 3.63) is 0 Å². The van der Waals surface area contributed by atoms with E-state index in [0.717, 1.165) is 24.7 Å². The van der Waals surface area contributed by atoms with Crippen LogP contribution in [0.2, 0.25) is 0 Å². The fourth-order valence-corrected chi connectivity index (χ4v) is 2.67. The van der Waals surface area contributed by atoms with Crippen molar-refractivity contribution in [2.75, 3.05) is 0 Å². The second kappa shape index (κ2) is 2.96. The van der Waals surface area contributed by atoms with Crippen LogP contribution in [0.3, 0.4) is 0 Å². The minimum atomic E-state index is 0.521. The molecule has 1 unspecified atom stereocenters. The minimum Gasteiger partial charge on any atom is -0.300 e. The van der Waals surface area contributed by atoms with Crippen molar-refractivity contribution in [2.45, 2.75) is 44.9 Å². The Balaban J connectivity index is 1.98. The molecule has 2 aliphatic carbocycles. The number of hydrogen-bond donors (Lipinski definition) is 0. The van der Waals surface area contributed by atoms with Crippen molar-refractivity contribution in [3.63, 3.8) is 0 Å². The van der Waals surface area contributed by atoms with E-state index in [9.17, 15) is 4.79 Å². The number of Topliss-reactive ketones (excluding diaryl/α,β-unsaturated/α-hetero) is 1. The zero-order chi connectivity index (χ0) is 7.68. The van der Waals surface area contributed by atoms with Crippen molar-refractivity contribution >= 4 is 5.78 Å². The summed E-state index contributed by atoms with van der Waals surface area (Å²) in [7, 11) is 0. The van der Waals surface area contributed by atoms with Crippen LogP contribution in [0.5, 0.6) is 0 Å². The Morgan fingerprint density at radius 3 is 2.55 bits per heavy atom. The molecular weight excluding hydrogens is 136 g/mol. The van der Waals surface area contributed by atoms with Gasteiger partial charge in [-0.3, -0.25) is 4.79 Å². The van der Waals surface area contributed by atoms with Crippen LogP contribution in [-0.4, -0.2) is 5.78 Å². The molecule has 2 rings (SSSR count). The SMILES string of the molecule is O=C1CCC2CCCC[C@H]2C1. The molecule has 0 spiro atoms. The number of hydrogen-bond acceptors (Lipinski definition) is 1. The van der Waals surface area contributed by atoms with E-state index >= 15 is 0 Å². The van der Waals surface area contributed by atoms with Gasteiger partial charge in [-0.2, -0.15) is 0 Å². The Bertz CT molecular complexity index is 162. The fourth-order valence-electron chi connectivity index (χ4n) is 2.67. The number of fused-ring (bicyclic) bond motifs is 1. The first-order valence-electron chi connectivity index (χ1n) is 4.88. The van der Waals surface area contributed by atoms with Crippen LogP contribution in [-0.2, 0) is 4.79 Å². The summed E-state index contributed by atoms with van der Waals surface area (Å²) in [6.07, 6.45) is 8.49. The van der Waals surface area contributed by atoms with Gasteiger partial charge in [-0.05, 0) is 24.7 Å². The van der Waals surface area contributed by atoms with E-state index in [1.54, 1.807) is 0 Å². The van der Waals surface area contributed by atoms with Crippen LogP contribution in [0.15, 0.2) is 0 Å². The Morgan fingerprint density at radius 2 is 1.73 bits per heavy atom. The summed E-state index contributed by atoms with van der Waals surface area (Å²) in [5.74, 6) is 2.22. The molecule has 2 atom stereocenters. The Morgan fingerprint density at radius 1 is 1.00 bits per heavy atom. The zero-order valence-corrected chi connectivity index (χ0v) is 7.01. The third-order valence-electron chi connectivity index (χ3n) is 3.35. The average molecular weight is 152 g/mol. The number of rotatable bonds is 0. The minimum absolute atomic E-state index is 0.521. The molecule has 2 aliphatic rings. The zero-order valence-electron chi connectivity index (χ0n) is 7.01. The maximum absolute atomic E-state index is 11.1. The van der Waals surface area contributed by atoms with Crippen molar-refractivity contribution < 1.29 is 4.79 Å². The van der Waals surface area contributed by atoms with Gasteiger partial charge in [0.15, 0.2) is 0 Å². The lowest BCUT2D eigenvalue weighted by atomic mass is 9.71. The number of carbonyl (C=O) groups is 1. The van der Waals surface area contributed by atoms with E-state index in [-0.39, 0.29) is 0 Å². The molecule has 2 fully saturated rings.